The summed E-state index contributed by atoms with van der Waals surface area (Å²) in [6.45, 7) is 4.25. The topological polar surface area (TPSA) is 105 Å². The number of nitrogens with two attached hydrogens (primary N) is 1. The lowest BCUT2D eigenvalue weighted by Gasteiger charge is -2.26. The maximum absolute atomic E-state index is 11.5. The van der Waals surface area contributed by atoms with Crippen LogP contribution in [0.1, 0.15) is 6.42 Å². The van der Waals surface area contributed by atoms with Gasteiger partial charge in [-0.1, -0.05) is 0 Å². The van der Waals surface area contributed by atoms with Crippen molar-refractivity contribution in [2.24, 2.45) is 5.14 Å². The fraction of sp³-hybridized carbons (Fsp3) is 0.889. The second-order valence-corrected chi connectivity index (χ2v) is 5.83. The lowest BCUT2D eigenvalue weighted by atomic mass is 10.3. The Morgan fingerprint density at radius 3 is 2.59 bits per heavy atom. The molecule has 1 heterocycles. The van der Waals surface area contributed by atoms with Crippen LogP contribution in [0.25, 0.3) is 0 Å². The first kappa shape index (κ1) is 14.4. The summed E-state index contributed by atoms with van der Waals surface area (Å²) in [5, 5.41) is 10.7. The van der Waals surface area contributed by atoms with Crippen molar-refractivity contribution < 1.29 is 13.2 Å². The van der Waals surface area contributed by atoms with Crippen molar-refractivity contribution in [3.05, 3.63) is 0 Å². The smallest absolute Gasteiger partial charge is 0.234 e. The molecular formula is C9H20N4O3S. The molecule has 0 aromatic carbocycles. The van der Waals surface area contributed by atoms with Gasteiger partial charge in [-0.25, -0.2) is 13.6 Å². The molecule has 1 rings (SSSR count). The SMILES string of the molecule is NS(=O)(=O)CCCNC(=O)CN1CCNCC1. The zero-order valence-corrected chi connectivity index (χ0v) is 10.6. The minimum absolute atomic E-state index is 0.0682. The highest BCUT2D eigenvalue weighted by Crippen LogP contribution is 1.91. The standard InChI is InChI=1S/C9H20N4O3S/c10-17(15,16)7-1-2-12-9(14)8-13-5-3-11-4-6-13/h11H,1-8H2,(H,12,14)(H2,10,15,16). The van der Waals surface area contributed by atoms with Crippen LogP contribution in [0.15, 0.2) is 0 Å². The number of carbonyl (C=O) groups is 1. The van der Waals surface area contributed by atoms with E-state index in [0.29, 0.717) is 19.5 Å². The molecule has 1 fully saturated rings. The lowest BCUT2D eigenvalue weighted by molar-refractivity contribution is -0.122. The van der Waals surface area contributed by atoms with Crippen LogP contribution in [-0.4, -0.2) is 64.2 Å². The predicted molar refractivity (Wildman–Crippen MR) is 64.9 cm³/mol. The fourth-order valence-corrected chi connectivity index (χ4v) is 2.18. The van der Waals surface area contributed by atoms with Crippen LogP contribution in [-0.2, 0) is 14.8 Å². The molecule has 0 radical (unpaired) electrons. The van der Waals surface area contributed by atoms with E-state index in [-0.39, 0.29) is 11.7 Å². The lowest BCUT2D eigenvalue weighted by Crippen LogP contribution is -2.47. The Morgan fingerprint density at radius 1 is 1.35 bits per heavy atom. The summed E-state index contributed by atoms with van der Waals surface area (Å²) in [6, 6.07) is 0. The molecule has 4 N–H and O–H groups in total. The Morgan fingerprint density at radius 2 is 2.00 bits per heavy atom. The molecule has 7 nitrogen and oxygen atoms in total. The van der Waals surface area contributed by atoms with Gasteiger partial charge in [-0.2, -0.15) is 0 Å². The molecule has 17 heavy (non-hydrogen) atoms. The first-order valence-electron chi connectivity index (χ1n) is 5.67. The minimum Gasteiger partial charge on any atom is -0.355 e. The number of nitrogens with zero attached hydrogens (tertiary/aromatic N) is 1. The molecular weight excluding hydrogens is 244 g/mol. The third-order valence-corrected chi connectivity index (χ3v) is 3.36. The van der Waals surface area contributed by atoms with E-state index >= 15 is 0 Å². The Bertz CT molecular complexity index is 338. The van der Waals surface area contributed by atoms with Gasteiger partial charge in [0.05, 0.1) is 12.3 Å². The first-order chi connectivity index (χ1) is 7.97. The van der Waals surface area contributed by atoms with Gasteiger partial charge in [0.25, 0.3) is 0 Å². The summed E-state index contributed by atoms with van der Waals surface area (Å²) < 4.78 is 21.3. The van der Waals surface area contributed by atoms with E-state index in [1.54, 1.807) is 0 Å². The maximum Gasteiger partial charge on any atom is 0.234 e. The average Bonchev–Trinajstić information content (AvgIpc) is 2.25. The molecule has 0 saturated carbocycles. The van der Waals surface area contributed by atoms with E-state index in [1.165, 1.54) is 0 Å². The molecule has 0 atom stereocenters. The Hall–Kier alpha value is -0.700. The molecule has 1 amide bonds. The van der Waals surface area contributed by atoms with Crippen LogP contribution in [0.3, 0.4) is 0 Å². The number of nitrogens with one attached hydrogen (secondary N) is 2. The highest BCUT2D eigenvalue weighted by Gasteiger charge is 2.13. The summed E-state index contributed by atoms with van der Waals surface area (Å²) in [7, 11) is -3.42. The Labute approximate surface area is 102 Å². The van der Waals surface area contributed by atoms with Gasteiger partial charge in [0, 0.05) is 32.7 Å². The molecule has 0 unspecified atom stereocenters. The van der Waals surface area contributed by atoms with Gasteiger partial charge in [0.2, 0.25) is 15.9 Å². The highest BCUT2D eigenvalue weighted by molar-refractivity contribution is 7.89. The number of sulfonamides is 1. The van der Waals surface area contributed by atoms with Crippen molar-refractivity contribution in [3.8, 4) is 0 Å². The van der Waals surface area contributed by atoms with Gasteiger partial charge >= 0.3 is 0 Å². The van der Waals surface area contributed by atoms with E-state index in [0.717, 1.165) is 26.2 Å². The number of hydrogen-bond donors (Lipinski definition) is 3. The summed E-state index contributed by atoms with van der Waals surface area (Å²) in [5.41, 5.74) is 0. The van der Waals surface area contributed by atoms with Gasteiger partial charge in [0.1, 0.15) is 0 Å². The molecule has 1 aliphatic heterocycles. The number of rotatable bonds is 6. The number of hydrogen-bond acceptors (Lipinski definition) is 5. The number of piperazine rings is 1. The number of carbonyl (C=O) groups excluding carboxylic acids is 1. The maximum atomic E-state index is 11.5. The van der Waals surface area contributed by atoms with E-state index in [9.17, 15) is 13.2 Å². The Kier molecular flexibility index (Phi) is 5.83. The number of amides is 1. The largest absolute Gasteiger partial charge is 0.355 e. The quantitative estimate of drug-likeness (QED) is 0.467. The molecule has 8 heteroatoms. The van der Waals surface area contributed by atoms with Crippen molar-refractivity contribution in [1.82, 2.24) is 15.5 Å². The van der Waals surface area contributed by atoms with E-state index in [2.05, 4.69) is 15.5 Å². The predicted octanol–water partition coefficient (Wildman–Crippen LogP) is -2.31. The van der Waals surface area contributed by atoms with E-state index < -0.39 is 10.0 Å². The second kappa shape index (κ2) is 6.90. The molecule has 100 valence electrons. The zero-order chi connectivity index (χ0) is 12.7. The molecule has 1 saturated heterocycles. The van der Waals surface area contributed by atoms with Gasteiger partial charge < -0.3 is 10.6 Å². The number of primary sulfonamides is 1. The third kappa shape index (κ3) is 7.27. The molecule has 0 aliphatic carbocycles. The van der Waals surface area contributed by atoms with Crippen molar-refractivity contribution in [1.29, 1.82) is 0 Å². The average molecular weight is 264 g/mol. The van der Waals surface area contributed by atoms with Crippen molar-refractivity contribution in [3.63, 3.8) is 0 Å². The van der Waals surface area contributed by atoms with Crippen molar-refractivity contribution in [2.75, 3.05) is 45.0 Å². The van der Waals surface area contributed by atoms with Crippen LogP contribution in [0.5, 0.6) is 0 Å². The van der Waals surface area contributed by atoms with Crippen molar-refractivity contribution >= 4 is 15.9 Å². The van der Waals surface area contributed by atoms with Crippen LogP contribution in [0, 0.1) is 0 Å². The normalized spacial score (nSPS) is 17.9. The van der Waals surface area contributed by atoms with E-state index in [4.69, 9.17) is 5.14 Å². The van der Waals surface area contributed by atoms with Gasteiger partial charge in [-0.05, 0) is 6.42 Å². The molecule has 0 aromatic heterocycles. The monoisotopic (exact) mass is 264 g/mol. The van der Waals surface area contributed by atoms with Crippen LogP contribution < -0.4 is 15.8 Å². The summed E-state index contributed by atoms with van der Waals surface area (Å²) in [4.78, 5) is 13.5. The second-order valence-electron chi connectivity index (χ2n) is 4.10. The van der Waals surface area contributed by atoms with Gasteiger partial charge in [-0.3, -0.25) is 9.69 Å². The third-order valence-electron chi connectivity index (χ3n) is 2.50. The minimum atomic E-state index is -3.42. The first-order valence-corrected chi connectivity index (χ1v) is 7.39. The van der Waals surface area contributed by atoms with Crippen LogP contribution in [0.2, 0.25) is 0 Å². The van der Waals surface area contributed by atoms with Crippen molar-refractivity contribution in [2.45, 2.75) is 6.42 Å². The fourth-order valence-electron chi connectivity index (χ4n) is 1.63. The molecule has 0 bridgehead atoms. The highest BCUT2D eigenvalue weighted by atomic mass is 32.2. The van der Waals surface area contributed by atoms with E-state index in [1.807, 2.05) is 0 Å². The summed E-state index contributed by atoms with van der Waals surface area (Å²) in [5.74, 6) is -0.165. The van der Waals surface area contributed by atoms with Crippen LogP contribution in [0.4, 0.5) is 0 Å². The van der Waals surface area contributed by atoms with Gasteiger partial charge in [-0.15, -0.1) is 0 Å². The molecule has 0 aromatic rings. The summed E-state index contributed by atoms with van der Waals surface area (Å²) >= 11 is 0. The zero-order valence-electron chi connectivity index (χ0n) is 9.81. The summed E-state index contributed by atoms with van der Waals surface area (Å²) in [6.07, 6.45) is 0.353. The molecule has 1 aliphatic rings. The molecule has 0 spiro atoms. The van der Waals surface area contributed by atoms with Gasteiger partial charge in [0.15, 0.2) is 0 Å². The Balaban J connectivity index is 2.08. The van der Waals surface area contributed by atoms with Crippen LogP contribution >= 0.6 is 0 Å².